The van der Waals surface area contributed by atoms with Gasteiger partial charge in [-0.3, -0.25) is 9.59 Å². The van der Waals surface area contributed by atoms with E-state index in [1.807, 2.05) is 43.9 Å². The smallest absolute Gasteiger partial charge is 0.233 e. The van der Waals surface area contributed by atoms with Gasteiger partial charge in [0, 0.05) is 17.6 Å². The van der Waals surface area contributed by atoms with Crippen LogP contribution >= 0.6 is 0 Å². The Balaban J connectivity index is 2.26. The van der Waals surface area contributed by atoms with Crippen LogP contribution in [0.2, 0.25) is 0 Å². The van der Waals surface area contributed by atoms with Crippen LogP contribution in [-0.2, 0) is 4.79 Å². The van der Waals surface area contributed by atoms with Crippen molar-refractivity contribution in [3.05, 3.63) is 35.9 Å². The summed E-state index contributed by atoms with van der Waals surface area (Å²) in [5, 5.41) is 0. The predicted molar refractivity (Wildman–Crippen MR) is 79.6 cm³/mol. The van der Waals surface area contributed by atoms with Crippen molar-refractivity contribution in [1.29, 1.82) is 0 Å². The lowest BCUT2D eigenvalue weighted by atomic mass is 9.91. The van der Waals surface area contributed by atoms with Crippen LogP contribution in [-0.4, -0.2) is 28.7 Å². The first-order valence-electron chi connectivity index (χ1n) is 7.32. The average molecular weight is 273 g/mol. The Kier molecular flexibility index (Phi) is 4.26. The van der Waals surface area contributed by atoms with Crippen molar-refractivity contribution in [3.63, 3.8) is 0 Å². The molecule has 108 valence electrons. The summed E-state index contributed by atoms with van der Waals surface area (Å²) in [6.45, 7) is 6.84. The van der Waals surface area contributed by atoms with E-state index >= 15 is 0 Å². The lowest BCUT2D eigenvalue weighted by molar-refractivity contribution is -0.138. The molecule has 0 bridgehead atoms. The zero-order valence-corrected chi connectivity index (χ0v) is 12.6. The number of carbonyl (C=O) groups excluding carboxylic acids is 2. The van der Waals surface area contributed by atoms with Crippen LogP contribution in [0.1, 0.15) is 50.4 Å². The Morgan fingerprint density at radius 2 is 1.80 bits per heavy atom. The van der Waals surface area contributed by atoms with Gasteiger partial charge in [0.25, 0.3) is 0 Å². The molecule has 1 atom stereocenters. The molecule has 1 unspecified atom stereocenters. The Bertz CT molecular complexity index is 487. The minimum absolute atomic E-state index is 0.0103. The summed E-state index contributed by atoms with van der Waals surface area (Å²) in [5.74, 6) is -0.560. The highest BCUT2D eigenvalue weighted by Gasteiger charge is 2.37. The summed E-state index contributed by atoms with van der Waals surface area (Å²) >= 11 is 0. The Morgan fingerprint density at radius 3 is 2.40 bits per heavy atom. The summed E-state index contributed by atoms with van der Waals surface area (Å²) in [5.41, 5.74) is 0.415. The van der Waals surface area contributed by atoms with E-state index in [1.54, 1.807) is 12.1 Å². The molecule has 1 aliphatic rings. The minimum atomic E-state index is -0.515. The molecule has 0 saturated carbocycles. The first kappa shape index (κ1) is 14.8. The van der Waals surface area contributed by atoms with Gasteiger partial charge >= 0.3 is 0 Å². The van der Waals surface area contributed by atoms with Crippen molar-refractivity contribution in [2.24, 2.45) is 5.92 Å². The van der Waals surface area contributed by atoms with Gasteiger partial charge in [-0.1, -0.05) is 36.8 Å². The second kappa shape index (κ2) is 5.78. The second-order valence-electron chi connectivity index (χ2n) is 6.44. The summed E-state index contributed by atoms with van der Waals surface area (Å²) in [6.07, 6.45) is 2.57. The molecule has 1 amide bonds. The molecule has 1 aromatic rings. The molecule has 0 N–H and O–H groups in total. The number of ketones is 1. The number of Topliss-reactive ketones (excluding diaryl/α,β-unsaturated/α-hetero) is 1. The van der Waals surface area contributed by atoms with E-state index in [1.165, 1.54) is 0 Å². The molecule has 0 radical (unpaired) electrons. The number of carbonyl (C=O) groups is 2. The van der Waals surface area contributed by atoms with Crippen molar-refractivity contribution < 1.29 is 9.59 Å². The topological polar surface area (TPSA) is 37.4 Å². The fourth-order valence-corrected chi connectivity index (χ4v) is 2.75. The van der Waals surface area contributed by atoms with Gasteiger partial charge in [0.2, 0.25) is 5.91 Å². The number of nitrogens with zero attached hydrogens (tertiary/aromatic N) is 1. The molecule has 2 rings (SSSR count). The molecule has 1 saturated heterocycles. The van der Waals surface area contributed by atoms with Crippen LogP contribution in [0.25, 0.3) is 0 Å². The zero-order valence-electron chi connectivity index (χ0n) is 12.6. The maximum absolute atomic E-state index is 12.7. The maximum Gasteiger partial charge on any atom is 0.233 e. The fraction of sp³-hybridized carbons (Fsp3) is 0.529. The summed E-state index contributed by atoms with van der Waals surface area (Å²) in [6, 6.07) is 9.16. The molecule has 1 fully saturated rings. The van der Waals surface area contributed by atoms with Crippen LogP contribution in [0.4, 0.5) is 0 Å². The molecule has 1 aliphatic heterocycles. The molecule has 0 aliphatic carbocycles. The van der Waals surface area contributed by atoms with Gasteiger partial charge in [0.1, 0.15) is 5.92 Å². The molecular formula is C17H23NO2. The van der Waals surface area contributed by atoms with Gasteiger partial charge in [-0.15, -0.1) is 0 Å². The average Bonchev–Trinajstić information content (AvgIpc) is 2.60. The molecule has 0 spiro atoms. The molecule has 1 aromatic carbocycles. The van der Waals surface area contributed by atoms with Crippen molar-refractivity contribution in [2.45, 2.75) is 45.6 Å². The quantitative estimate of drug-likeness (QED) is 0.612. The first-order valence-corrected chi connectivity index (χ1v) is 7.32. The molecule has 1 heterocycles. The highest BCUT2D eigenvalue weighted by molar-refractivity contribution is 6.10. The predicted octanol–water partition coefficient (Wildman–Crippen LogP) is 3.30. The molecular weight excluding hydrogens is 250 g/mol. The summed E-state index contributed by atoms with van der Waals surface area (Å²) < 4.78 is 0. The van der Waals surface area contributed by atoms with Crippen molar-refractivity contribution in [3.8, 4) is 0 Å². The minimum Gasteiger partial charge on any atom is -0.337 e. The van der Waals surface area contributed by atoms with Crippen molar-refractivity contribution in [2.75, 3.05) is 6.54 Å². The number of amides is 1. The summed E-state index contributed by atoms with van der Waals surface area (Å²) in [4.78, 5) is 27.2. The largest absolute Gasteiger partial charge is 0.337 e. The van der Waals surface area contributed by atoms with E-state index in [2.05, 4.69) is 0 Å². The SMILES string of the molecule is CC(C)(C)N1CCCCC(C(=O)c2ccccc2)C1=O. The third kappa shape index (κ3) is 3.09. The standard InChI is InChI=1S/C17H23NO2/c1-17(2,3)18-12-8-7-11-14(16(18)20)15(19)13-9-5-4-6-10-13/h4-6,9-10,14H,7-8,11-12H2,1-3H3. The van der Waals surface area contributed by atoms with E-state index in [4.69, 9.17) is 0 Å². The summed E-state index contributed by atoms with van der Waals surface area (Å²) in [7, 11) is 0. The van der Waals surface area contributed by atoms with E-state index in [-0.39, 0.29) is 17.2 Å². The lowest BCUT2D eigenvalue weighted by Crippen LogP contribution is -2.49. The molecule has 0 aromatic heterocycles. The number of hydrogen-bond donors (Lipinski definition) is 0. The highest BCUT2D eigenvalue weighted by Crippen LogP contribution is 2.26. The number of hydrogen-bond acceptors (Lipinski definition) is 2. The molecule has 20 heavy (non-hydrogen) atoms. The van der Waals surface area contributed by atoms with Crippen LogP contribution < -0.4 is 0 Å². The number of likely N-dealkylation sites (tertiary alicyclic amines) is 1. The van der Waals surface area contributed by atoms with Crippen LogP contribution in [0.3, 0.4) is 0 Å². The van der Waals surface area contributed by atoms with Gasteiger partial charge in [-0.2, -0.15) is 0 Å². The van der Waals surface area contributed by atoms with Gasteiger partial charge in [0.15, 0.2) is 5.78 Å². The monoisotopic (exact) mass is 273 g/mol. The van der Waals surface area contributed by atoms with E-state index in [0.29, 0.717) is 12.0 Å². The van der Waals surface area contributed by atoms with Crippen molar-refractivity contribution in [1.82, 2.24) is 4.90 Å². The first-order chi connectivity index (χ1) is 9.41. The Labute approximate surface area is 121 Å². The maximum atomic E-state index is 12.7. The van der Waals surface area contributed by atoms with E-state index < -0.39 is 5.92 Å². The highest BCUT2D eigenvalue weighted by atomic mass is 16.2. The number of benzene rings is 1. The van der Waals surface area contributed by atoms with Gasteiger partial charge in [-0.05, 0) is 33.6 Å². The fourth-order valence-electron chi connectivity index (χ4n) is 2.75. The Morgan fingerprint density at radius 1 is 1.15 bits per heavy atom. The third-order valence-electron chi connectivity index (χ3n) is 3.87. The number of rotatable bonds is 2. The van der Waals surface area contributed by atoms with Gasteiger partial charge in [-0.25, -0.2) is 0 Å². The Hall–Kier alpha value is -1.64. The lowest BCUT2D eigenvalue weighted by Gasteiger charge is -2.36. The van der Waals surface area contributed by atoms with Crippen LogP contribution in [0, 0.1) is 5.92 Å². The van der Waals surface area contributed by atoms with Crippen molar-refractivity contribution >= 4 is 11.7 Å². The molecule has 3 nitrogen and oxygen atoms in total. The molecule has 3 heteroatoms. The normalized spacial score (nSPS) is 20.6. The second-order valence-corrected chi connectivity index (χ2v) is 6.44. The van der Waals surface area contributed by atoms with Gasteiger partial charge in [0.05, 0.1) is 0 Å². The van der Waals surface area contributed by atoms with E-state index in [9.17, 15) is 9.59 Å². The zero-order chi connectivity index (χ0) is 14.8. The third-order valence-corrected chi connectivity index (χ3v) is 3.87. The van der Waals surface area contributed by atoms with E-state index in [0.717, 1.165) is 19.4 Å². The van der Waals surface area contributed by atoms with Crippen LogP contribution in [0.5, 0.6) is 0 Å². The van der Waals surface area contributed by atoms with Gasteiger partial charge < -0.3 is 4.90 Å². The van der Waals surface area contributed by atoms with Crippen LogP contribution in [0.15, 0.2) is 30.3 Å².